The molecule has 100 valence electrons. The number of carbonyl (C=O) groups excluding carboxylic acids is 1. The summed E-state index contributed by atoms with van der Waals surface area (Å²) in [5, 5.41) is 1.17. The third-order valence-corrected chi connectivity index (χ3v) is 4.98. The first-order valence-corrected chi connectivity index (χ1v) is 7.64. The normalized spacial score (nSPS) is 20.1. The fraction of sp³-hybridized carbons (Fsp3) is 0.643. The molecule has 3 nitrogen and oxygen atoms in total. The number of anilines is 2. The minimum absolute atomic E-state index is 0.160. The molecule has 1 fully saturated rings. The van der Waals surface area contributed by atoms with Crippen LogP contribution in [0.5, 0.6) is 0 Å². The summed E-state index contributed by atoms with van der Waals surface area (Å²) in [7, 11) is 0. The predicted molar refractivity (Wildman–Crippen MR) is 78.6 cm³/mol. The molecule has 2 N–H and O–H groups in total. The van der Waals surface area contributed by atoms with Gasteiger partial charge in [0, 0.05) is 19.5 Å². The van der Waals surface area contributed by atoms with E-state index in [2.05, 4.69) is 11.8 Å². The molecule has 1 aliphatic rings. The van der Waals surface area contributed by atoms with E-state index in [1.54, 1.807) is 11.3 Å². The number of Topliss-reactive ketones (excluding diaryl/α,β-unsaturated/α-hetero) is 1. The SMILES string of the molecule is CCC(=O)c1sc(N2CCCC(CC)C2)cc1N. The van der Waals surface area contributed by atoms with Gasteiger partial charge < -0.3 is 10.6 Å². The number of nitrogens with two attached hydrogens (primary N) is 1. The van der Waals surface area contributed by atoms with Crippen LogP contribution in [0.15, 0.2) is 6.07 Å². The van der Waals surface area contributed by atoms with Crippen molar-refractivity contribution in [3.05, 3.63) is 10.9 Å². The van der Waals surface area contributed by atoms with Crippen LogP contribution in [-0.2, 0) is 0 Å². The highest BCUT2D eigenvalue weighted by Crippen LogP contribution is 2.35. The second kappa shape index (κ2) is 5.74. The van der Waals surface area contributed by atoms with Crippen LogP contribution in [0.2, 0.25) is 0 Å². The number of ketones is 1. The van der Waals surface area contributed by atoms with Crippen LogP contribution in [0.4, 0.5) is 10.7 Å². The van der Waals surface area contributed by atoms with Crippen LogP contribution in [0.3, 0.4) is 0 Å². The number of thiophene rings is 1. The first-order valence-electron chi connectivity index (χ1n) is 6.83. The molecule has 2 rings (SSSR count). The molecular weight excluding hydrogens is 244 g/mol. The van der Waals surface area contributed by atoms with Gasteiger partial charge in [-0.2, -0.15) is 0 Å². The summed E-state index contributed by atoms with van der Waals surface area (Å²) in [6.07, 6.45) is 4.34. The minimum Gasteiger partial charge on any atom is -0.397 e. The maximum atomic E-state index is 11.8. The maximum absolute atomic E-state index is 11.8. The summed E-state index contributed by atoms with van der Waals surface area (Å²) in [5.41, 5.74) is 6.61. The van der Waals surface area contributed by atoms with Gasteiger partial charge in [-0.05, 0) is 24.8 Å². The zero-order valence-electron chi connectivity index (χ0n) is 11.2. The van der Waals surface area contributed by atoms with Crippen molar-refractivity contribution in [2.24, 2.45) is 5.92 Å². The van der Waals surface area contributed by atoms with E-state index in [1.807, 2.05) is 13.0 Å². The number of nitrogen functional groups attached to an aromatic ring is 1. The van der Waals surface area contributed by atoms with Gasteiger partial charge in [-0.1, -0.05) is 20.3 Å². The summed E-state index contributed by atoms with van der Waals surface area (Å²) < 4.78 is 0. The third kappa shape index (κ3) is 2.69. The van der Waals surface area contributed by atoms with E-state index in [0.29, 0.717) is 12.1 Å². The molecule has 1 aromatic heterocycles. The summed E-state index contributed by atoms with van der Waals surface area (Å²) in [4.78, 5) is 14.9. The molecule has 1 saturated heterocycles. The van der Waals surface area contributed by atoms with Crippen LogP contribution in [-0.4, -0.2) is 18.9 Å². The third-order valence-electron chi connectivity index (χ3n) is 3.73. The van der Waals surface area contributed by atoms with Crippen molar-refractivity contribution in [3.63, 3.8) is 0 Å². The van der Waals surface area contributed by atoms with Crippen LogP contribution in [0, 0.1) is 5.92 Å². The lowest BCUT2D eigenvalue weighted by Crippen LogP contribution is -2.34. The van der Waals surface area contributed by atoms with E-state index in [0.717, 1.165) is 23.9 Å². The Labute approximate surface area is 113 Å². The Morgan fingerprint density at radius 1 is 1.56 bits per heavy atom. The molecule has 1 aliphatic heterocycles. The first-order chi connectivity index (χ1) is 8.65. The number of nitrogens with zero attached hydrogens (tertiary/aromatic N) is 1. The second-order valence-electron chi connectivity index (χ2n) is 5.01. The van der Waals surface area contributed by atoms with Crippen molar-refractivity contribution < 1.29 is 4.79 Å². The molecule has 1 aromatic rings. The average molecular weight is 266 g/mol. The molecule has 0 radical (unpaired) electrons. The smallest absolute Gasteiger partial charge is 0.174 e. The molecule has 2 heterocycles. The molecule has 1 unspecified atom stereocenters. The Kier molecular flexibility index (Phi) is 4.27. The lowest BCUT2D eigenvalue weighted by Gasteiger charge is -2.32. The fourth-order valence-corrected chi connectivity index (χ4v) is 3.65. The van der Waals surface area contributed by atoms with E-state index in [1.165, 1.54) is 24.3 Å². The molecule has 1 atom stereocenters. The van der Waals surface area contributed by atoms with Crippen molar-refractivity contribution in [2.45, 2.75) is 39.5 Å². The highest BCUT2D eigenvalue weighted by Gasteiger charge is 2.22. The zero-order chi connectivity index (χ0) is 13.1. The highest BCUT2D eigenvalue weighted by molar-refractivity contribution is 7.18. The zero-order valence-corrected chi connectivity index (χ0v) is 12.1. The lowest BCUT2D eigenvalue weighted by atomic mass is 9.96. The number of rotatable bonds is 4. The molecule has 4 heteroatoms. The monoisotopic (exact) mass is 266 g/mol. The van der Waals surface area contributed by atoms with Crippen molar-refractivity contribution in [1.29, 1.82) is 0 Å². The molecule has 0 aromatic carbocycles. The van der Waals surface area contributed by atoms with E-state index < -0.39 is 0 Å². The summed E-state index contributed by atoms with van der Waals surface area (Å²) >= 11 is 1.56. The Balaban J connectivity index is 2.16. The van der Waals surface area contributed by atoms with E-state index in [9.17, 15) is 4.79 Å². The average Bonchev–Trinajstić information content (AvgIpc) is 2.80. The van der Waals surface area contributed by atoms with Crippen molar-refractivity contribution >= 4 is 27.8 Å². The lowest BCUT2D eigenvalue weighted by molar-refractivity contribution is 0.0993. The van der Waals surface area contributed by atoms with Crippen molar-refractivity contribution in [1.82, 2.24) is 0 Å². The van der Waals surface area contributed by atoms with Gasteiger partial charge in [0.05, 0.1) is 15.6 Å². The van der Waals surface area contributed by atoms with Gasteiger partial charge in [0.25, 0.3) is 0 Å². The summed E-state index contributed by atoms with van der Waals surface area (Å²) in [6, 6.07) is 1.98. The van der Waals surface area contributed by atoms with Gasteiger partial charge in [0.15, 0.2) is 5.78 Å². The molecule has 0 saturated carbocycles. The summed E-state index contributed by atoms with van der Waals surface area (Å²) in [5.74, 6) is 0.945. The van der Waals surface area contributed by atoms with Crippen molar-refractivity contribution in [2.75, 3.05) is 23.7 Å². The maximum Gasteiger partial charge on any atom is 0.174 e. The number of hydrogen-bond acceptors (Lipinski definition) is 4. The molecule has 18 heavy (non-hydrogen) atoms. The van der Waals surface area contributed by atoms with Crippen molar-refractivity contribution in [3.8, 4) is 0 Å². The van der Waals surface area contributed by atoms with Gasteiger partial charge >= 0.3 is 0 Å². The molecular formula is C14H22N2OS. The second-order valence-corrected chi connectivity index (χ2v) is 6.04. The van der Waals surface area contributed by atoms with Gasteiger partial charge in [-0.25, -0.2) is 0 Å². The van der Waals surface area contributed by atoms with Crippen LogP contribution in [0.1, 0.15) is 49.2 Å². The molecule has 0 aliphatic carbocycles. The number of hydrogen-bond donors (Lipinski definition) is 1. The van der Waals surface area contributed by atoms with Crippen LogP contribution >= 0.6 is 11.3 Å². The first kappa shape index (κ1) is 13.4. The molecule has 0 bridgehead atoms. The topological polar surface area (TPSA) is 46.3 Å². The van der Waals surface area contributed by atoms with Gasteiger partial charge in [0.1, 0.15) is 0 Å². The van der Waals surface area contributed by atoms with Gasteiger partial charge in [0.2, 0.25) is 0 Å². The molecule has 0 spiro atoms. The summed E-state index contributed by atoms with van der Waals surface area (Å²) in [6.45, 7) is 6.34. The van der Waals surface area contributed by atoms with E-state index in [-0.39, 0.29) is 5.78 Å². The minimum atomic E-state index is 0.160. The fourth-order valence-electron chi connectivity index (χ4n) is 2.52. The number of piperidine rings is 1. The number of carbonyl (C=O) groups is 1. The Morgan fingerprint density at radius 2 is 2.33 bits per heavy atom. The predicted octanol–water partition coefficient (Wildman–Crippen LogP) is 3.55. The Hall–Kier alpha value is -1.03. The van der Waals surface area contributed by atoms with Gasteiger partial charge in [-0.3, -0.25) is 4.79 Å². The largest absolute Gasteiger partial charge is 0.397 e. The van der Waals surface area contributed by atoms with Crippen LogP contribution in [0.25, 0.3) is 0 Å². The Bertz CT molecular complexity index is 427. The van der Waals surface area contributed by atoms with E-state index in [4.69, 9.17) is 5.73 Å². The standard InChI is InChI=1S/C14H22N2OS/c1-3-10-6-5-7-16(9-10)13-8-11(15)14(18-13)12(17)4-2/h8,10H,3-7,9,15H2,1-2H3. The Morgan fingerprint density at radius 3 is 3.00 bits per heavy atom. The van der Waals surface area contributed by atoms with E-state index >= 15 is 0 Å². The molecule has 0 amide bonds. The quantitative estimate of drug-likeness (QED) is 0.848. The highest BCUT2D eigenvalue weighted by atomic mass is 32.1. The van der Waals surface area contributed by atoms with Crippen LogP contribution < -0.4 is 10.6 Å². The van der Waals surface area contributed by atoms with Gasteiger partial charge in [-0.15, -0.1) is 11.3 Å².